The van der Waals surface area contributed by atoms with E-state index in [1.165, 1.54) is 28.6 Å². The number of benzene rings is 1. The first-order chi connectivity index (χ1) is 16.4. The molecule has 35 heavy (non-hydrogen) atoms. The minimum Gasteiger partial charge on any atom is -0.444 e. The Morgan fingerprint density at radius 3 is 2.00 bits per heavy atom. The van der Waals surface area contributed by atoms with Gasteiger partial charge in [0.15, 0.2) is 0 Å². The van der Waals surface area contributed by atoms with Gasteiger partial charge < -0.3 is 9.64 Å². The van der Waals surface area contributed by atoms with Gasteiger partial charge in [-0.05, 0) is 45.7 Å². The first-order valence-electron chi connectivity index (χ1n) is 12.1. The molecule has 12 heteroatoms. The highest BCUT2D eigenvalue weighted by Gasteiger charge is 2.39. The molecule has 0 unspecified atom stereocenters. The van der Waals surface area contributed by atoms with Crippen molar-refractivity contribution < 1.29 is 22.9 Å². The molecule has 3 saturated heterocycles. The summed E-state index contributed by atoms with van der Waals surface area (Å²) in [5.41, 5.74) is -0.606. The average molecular weight is 510 g/mol. The van der Waals surface area contributed by atoms with Crippen LogP contribution in [0.2, 0.25) is 0 Å². The second-order valence-electron chi connectivity index (χ2n) is 10.5. The van der Waals surface area contributed by atoms with E-state index in [1.807, 2.05) is 20.8 Å². The molecule has 3 aliphatic rings. The maximum absolute atomic E-state index is 13.0. The summed E-state index contributed by atoms with van der Waals surface area (Å²) in [4.78, 5) is 29.1. The van der Waals surface area contributed by atoms with Crippen LogP contribution in [0.1, 0.15) is 33.6 Å². The van der Waals surface area contributed by atoms with Crippen molar-refractivity contribution >= 4 is 21.8 Å². The fourth-order valence-electron chi connectivity index (χ4n) is 4.98. The molecule has 1 amide bonds. The molecule has 194 valence electrons. The molecule has 3 aliphatic heterocycles. The van der Waals surface area contributed by atoms with Crippen LogP contribution in [-0.2, 0) is 14.8 Å². The van der Waals surface area contributed by atoms with Crippen molar-refractivity contribution in [2.75, 3.05) is 52.4 Å². The molecule has 3 fully saturated rings. The Morgan fingerprint density at radius 1 is 0.943 bits per heavy atom. The summed E-state index contributed by atoms with van der Waals surface area (Å²) >= 11 is 0. The van der Waals surface area contributed by atoms with Gasteiger partial charge >= 0.3 is 6.09 Å². The Bertz CT molecular complexity index is 1020. The smallest absolute Gasteiger partial charge is 0.410 e. The van der Waals surface area contributed by atoms with Crippen LogP contribution < -0.4 is 0 Å². The molecule has 0 atom stereocenters. The fraction of sp³-hybridized carbons (Fsp3) is 0.696. The van der Waals surface area contributed by atoms with E-state index < -0.39 is 20.5 Å². The molecule has 0 radical (unpaired) electrons. The van der Waals surface area contributed by atoms with Gasteiger partial charge in [0.05, 0.1) is 9.82 Å². The molecular formula is C23H35N5O6S. The number of amides is 1. The number of rotatable bonds is 5. The van der Waals surface area contributed by atoms with Crippen molar-refractivity contribution in [3.05, 3.63) is 34.4 Å². The number of piperazine rings is 1. The van der Waals surface area contributed by atoms with Crippen molar-refractivity contribution in [3.63, 3.8) is 0 Å². The highest BCUT2D eigenvalue weighted by molar-refractivity contribution is 7.89. The van der Waals surface area contributed by atoms with Gasteiger partial charge in [-0.15, -0.1) is 0 Å². The highest BCUT2D eigenvalue weighted by atomic mass is 32.2. The third kappa shape index (κ3) is 5.93. The predicted molar refractivity (Wildman–Crippen MR) is 130 cm³/mol. The highest BCUT2D eigenvalue weighted by Crippen LogP contribution is 2.26. The van der Waals surface area contributed by atoms with Crippen LogP contribution in [-0.4, -0.2) is 108 Å². The second kappa shape index (κ2) is 10.00. The summed E-state index contributed by atoms with van der Waals surface area (Å²) in [6.07, 6.45) is 1.81. The molecular weight excluding hydrogens is 474 g/mol. The number of nitro groups is 1. The lowest BCUT2D eigenvalue weighted by atomic mass is 9.98. The van der Waals surface area contributed by atoms with Crippen LogP contribution in [0.5, 0.6) is 0 Å². The molecule has 0 saturated carbocycles. The summed E-state index contributed by atoms with van der Waals surface area (Å²) < 4.78 is 32.8. The zero-order valence-electron chi connectivity index (χ0n) is 20.6. The van der Waals surface area contributed by atoms with Crippen LogP contribution in [0, 0.1) is 10.1 Å². The van der Waals surface area contributed by atoms with Crippen molar-refractivity contribution in [2.45, 2.75) is 56.2 Å². The van der Waals surface area contributed by atoms with Gasteiger partial charge in [0, 0.05) is 76.6 Å². The number of hydrogen-bond donors (Lipinski definition) is 0. The number of sulfonamides is 1. The van der Waals surface area contributed by atoms with Gasteiger partial charge in [0.25, 0.3) is 5.69 Å². The number of carbonyl (C=O) groups is 1. The lowest BCUT2D eigenvalue weighted by Crippen LogP contribution is -2.63. The number of carbonyl (C=O) groups excluding carboxylic acids is 1. The molecule has 3 heterocycles. The third-order valence-corrected chi connectivity index (χ3v) is 8.92. The molecule has 0 spiro atoms. The number of likely N-dealkylation sites (tertiary alicyclic amines) is 2. The Kier molecular flexibility index (Phi) is 7.37. The summed E-state index contributed by atoms with van der Waals surface area (Å²) in [7, 11) is -3.66. The Hall–Kier alpha value is -2.28. The van der Waals surface area contributed by atoms with E-state index in [0.29, 0.717) is 51.4 Å². The van der Waals surface area contributed by atoms with Crippen molar-refractivity contribution in [1.29, 1.82) is 0 Å². The lowest BCUT2D eigenvalue weighted by molar-refractivity contribution is -0.384. The molecule has 4 rings (SSSR count). The molecule has 11 nitrogen and oxygen atoms in total. The van der Waals surface area contributed by atoms with Gasteiger partial charge in [-0.25, -0.2) is 13.2 Å². The zero-order chi connectivity index (χ0) is 25.4. The number of ether oxygens (including phenoxy) is 1. The first kappa shape index (κ1) is 25.8. The standard InChI is InChI=1S/C23H35N5O6S/c1-23(2,3)34-22(29)26-16-20(17-26)24-10-8-18(9-11-24)25-12-14-27(15-13-25)35(32,33)21-6-4-19(5-7-21)28(30)31/h4-7,18,20H,8-17H2,1-3H3. The van der Waals surface area contributed by atoms with Crippen molar-refractivity contribution in [2.24, 2.45) is 0 Å². The molecule has 0 aliphatic carbocycles. The van der Waals surface area contributed by atoms with Gasteiger partial charge in [0.1, 0.15) is 5.60 Å². The van der Waals surface area contributed by atoms with Gasteiger partial charge in [-0.3, -0.25) is 19.9 Å². The van der Waals surface area contributed by atoms with E-state index >= 15 is 0 Å². The van der Waals surface area contributed by atoms with E-state index in [1.54, 1.807) is 4.90 Å². The number of nitrogens with zero attached hydrogens (tertiary/aromatic N) is 5. The van der Waals surface area contributed by atoms with Crippen LogP contribution in [0.4, 0.5) is 10.5 Å². The predicted octanol–water partition coefficient (Wildman–Crippen LogP) is 1.98. The number of nitro benzene ring substituents is 1. The maximum Gasteiger partial charge on any atom is 0.410 e. The monoisotopic (exact) mass is 509 g/mol. The second-order valence-corrected chi connectivity index (χ2v) is 12.4. The molecule has 0 bridgehead atoms. The van der Waals surface area contributed by atoms with Crippen LogP contribution in [0.3, 0.4) is 0 Å². The maximum atomic E-state index is 13.0. The normalized spacial score (nSPS) is 22.1. The molecule has 0 N–H and O–H groups in total. The van der Waals surface area contributed by atoms with Crippen molar-refractivity contribution in [3.8, 4) is 0 Å². The van der Waals surface area contributed by atoms with E-state index in [0.717, 1.165) is 25.9 Å². The van der Waals surface area contributed by atoms with E-state index in [-0.39, 0.29) is 16.7 Å². The molecule has 0 aromatic heterocycles. The number of hydrogen-bond acceptors (Lipinski definition) is 8. The van der Waals surface area contributed by atoms with Crippen LogP contribution >= 0.6 is 0 Å². The van der Waals surface area contributed by atoms with E-state index in [2.05, 4.69) is 9.80 Å². The first-order valence-corrected chi connectivity index (χ1v) is 13.6. The fourth-order valence-corrected chi connectivity index (χ4v) is 6.40. The Labute approximate surface area is 206 Å². The van der Waals surface area contributed by atoms with Crippen molar-refractivity contribution in [1.82, 2.24) is 19.0 Å². The largest absolute Gasteiger partial charge is 0.444 e. The summed E-state index contributed by atoms with van der Waals surface area (Å²) in [6.45, 7) is 11.1. The summed E-state index contributed by atoms with van der Waals surface area (Å²) in [5, 5.41) is 10.8. The van der Waals surface area contributed by atoms with Crippen LogP contribution in [0.15, 0.2) is 29.2 Å². The minimum atomic E-state index is -3.66. The topological polar surface area (TPSA) is 117 Å². The SMILES string of the molecule is CC(C)(C)OC(=O)N1CC(N2CCC(N3CCN(S(=O)(=O)c4ccc([N+](=O)[O-])cc4)CC3)CC2)C1. The lowest BCUT2D eigenvalue weighted by Gasteiger charge is -2.49. The zero-order valence-corrected chi connectivity index (χ0v) is 21.4. The van der Waals surface area contributed by atoms with Gasteiger partial charge in [-0.1, -0.05) is 0 Å². The third-order valence-electron chi connectivity index (χ3n) is 7.00. The number of piperidine rings is 1. The van der Waals surface area contributed by atoms with E-state index in [4.69, 9.17) is 4.74 Å². The molecule has 1 aromatic carbocycles. The number of non-ortho nitro benzene ring substituents is 1. The van der Waals surface area contributed by atoms with Gasteiger partial charge in [-0.2, -0.15) is 4.31 Å². The molecule has 1 aromatic rings. The van der Waals surface area contributed by atoms with Crippen LogP contribution in [0.25, 0.3) is 0 Å². The van der Waals surface area contributed by atoms with Gasteiger partial charge in [0.2, 0.25) is 10.0 Å². The summed E-state index contributed by atoms with van der Waals surface area (Å²) in [5.74, 6) is 0. The minimum absolute atomic E-state index is 0.0887. The quantitative estimate of drug-likeness (QED) is 0.437. The Balaban J connectivity index is 1.21. The van der Waals surface area contributed by atoms with E-state index in [9.17, 15) is 23.3 Å². The average Bonchev–Trinajstić information content (AvgIpc) is 2.77. The summed E-state index contributed by atoms with van der Waals surface area (Å²) in [6, 6.07) is 5.88. The Morgan fingerprint density at radius 2 is 1.49 bits per heavy atom.